The predicted molar refractivity (Wildman–Crippen MR) is 294 cm³/mol. The van der Waals surface area contributed by atoms with Gasteiger partial charge < -0.3 is 0 Å². The van der Waals surface area contributed by atoms with Crippen LogP contribution in [0.3, 0.4) is 0 Å². The Morgan fingerprint density at radius 3 is 1.51 bits per heavy atom. The molecule has 2 unspecified atom stereocenters. The van der Waals surface area contributed by atoms with Gasteiger partial charge in [0.2, 0.25) is 0 Å². The number of nitrogens with zero attached hydrogens (tertiary/aromatic N) is 4. The molecule has 0 spiro atoms. The van der Waals surface area contributed by atoms with Crippen LogP contribution < -0.4 is 2.89 Å². The summed E-state index contributed by atoms with van der Waals surface area (Å²) in [4.78, 5) is 1.22. The SMILES string of the molecule is CCCCC(CC)Cc1cs[c]([Sn]([CH2]CCC)([CH2]CCC)[CH2]CCC)c1.CCCCC(CC)Cc1csc(-c2cc(Cl)c(Br)c3nsnc23)c1.Clc1cc(Br)c2nsnc2c1Br.[Pd]. The fourth-order valence-corrected chi connectivity index (χ4v) is 32.5. The third-order valence-electron chi connectivity index (χ3n) is 12.1. The van der Waals surface area contributed by atoms with Crippen molar-refractivity contribution in [1.29, 1.82) is 0 Å². The van der Waals surface area contributed by atoms with Gasteiger partial charge in [-0.3, -0.25) is 0 Å². The van der Waals surface area contributed by atoms with E-state index in [2.05, 4.69) is 148 Å². The fourth-order valence-electron chi connectivity index (χ4n) is 8.14. The first-order chi connectivity index (χ1) is 30.0. The molecule has 0 fully saturated rings. The minimum atomic E-state index is -2.18. The van der Waals surface area contributed by atoms with Crippen LogP contribution in [-0.2, 0) is 33.3 Å². The van der Waals surface area contributed by atoms with Gasteiger partial charge in [-0.25, -0.2) is 0 Å². The number of rotatable bonds is 23. The molecule has 0 aliphatic carbocycles. The minimum Gasteiger partial charge on any atom is -0.172 e. The number of hydrogen-bond donors (Lipinski definition) is 0. The Hall–Kier alpha value is 0.961. The zero-order valence-electron chi connectivity index (χ0n) is 38.2. The summed E-state index contributed by atoms with van der Waals surface area (Å²) in [6.45, 7) is 16.4. The predicted octanol–water partition coefficient (Wildman–Crippen LogP) is 20.0. The molecule has 0 saturated carbocycles. The molecule has 0 amide bonds. The summed E-state index contributed by atoms with van der Waals surface area (Å²) < 4.78 is 26.3. The quantitative estimate of drug-likeness (QED) is 0.0474. The van der Waals surface area contributed by atoms with E-state index in [9.17, 15) is 0 Å². The molecule has 4 heterocycles. The average molecular weight is 1360 g/mol. The standard InChI is InChI=1S/C18H20BrClN2S2.C12H19S.C6HBr2ClN2S.3C4H9.Pd.Sn/c1-3-5-6-11(4-2)7-12-8-15(23-10-12)13-9-14(20)16(19)18-17(13)21-24-22-18;1-3-5-6-11(4-2)9-12-7-8-13-10-12;7-2-1-3(9)4(8)6-5(2)10-12-11-6;3*1-3-4-2;;/h8-11H,3-7H2,1-2H3;7,10-11H,3-6,9H2,1-2H3;1H;3*1,3-4H2,2H3;;. The van der Waals surface area contributed by atoms with Crippen molar-refractivity contribution >= 4 is 160 Å². The van der Waals surface area contributed by atoms with Gasteiger partial charge in [0.15, 0.2) is 0 Å². The molecule has 6 rings (SSSR count). The number of hydrogen-bond acceptors (Lipinski definition) is 8. The molecule has 2 aromatic carbocycles. The molecule has 63 heavy (non-hydrogen) atoms. The second-order valence-electron chi connectivity index (χ2n) is 16.8. The second kappa shape index (κ2) is 31.2. The topological polar surface area (TPSA) is 51.6 Å². The van der Waals surface area contributed by atoms with E-state index < -0.39 is 18.4 Å². The van der Waals surface area contributed by atoms with Gasteiger partial charge in [0.1, 0.15) is 22.1 Å². The molecule has 2 atom stereocenters. The Labute approximate surface area is 449 Å². The van der Waals surface area contributed by atoms with E-state index in [1.54, 1.807) is 36.3 Å². The van der Waals surface area contributed by atoms with Crippen LogP contribution in [0.1, 0.15) is 149 Å². The van der Waals surface area contributed by atoms with E-state index >= 15 is 0 Å². The van der Waals surface area contributed by atoms with Gasteiger partial charge in [0.25, 0.3) is 0 Å². The summed E-state index contributed by atoms with van der Waals surface area (Å²) in [5.74, 6) is 1.69. The van der Waals surface area contributed by atoms with Gasteiger partial charge >= 0.3 is 174 Å². The maximum Gasteiger partial charge on any atom is 0.121 e. The zero-order chi connectivity index (χ0) is 45.1. The van der Waals surface area contributed by atoms with Crippen LogP contribution in [0.25, 0.3) is 32.5 Å². The second-order valence-corrected chi connectivity index (χ2v) is 37.1. The molecule has 0 bridgehead atoms. The Kier molecular flexibility index (Phi) is 28.9. The first-order valence-electron chi connectivity index (χ1n) is 23.0. The third kappa shape index (κ3) is 17.4. The molecule has 352 valence electrons. The molecular weight excluding hydrogens is 1300 g/mol. The molecule has 6 aromatic rings. The Balaban J connectivity index is 0.000000264. The van der Waals surface area contributed by atoms with Crippen molar-refractivity contribution in [3.8, 4) is 10.4 Å². The van der Waals surface area contributed by atoms with Gasteiger partial charge in [-0.15, -0.1) is 11.3 Å². The summed E-state index contributed by atoms with van der Waals surface area (Å²) in [5.41, 5.74) is 7.63. The summed E-state index contributed by atoms with van der Waals surface area (Å²) in [5, 5.41) is 6.17. The monoisotopic (exact) mass is 1360 g/mol. The van der Waals surface area contributed by atoms with Crippen molar-refractivity contribution in [2.45, 2.75) is 165 Å². The zero-order valence-corrected chi connectivity index (χ0v) is 52.1. The van der Waals surface area contributed by atoms with Gasteiger partial charge in [0, 0.05) is 35.3 Å². The number of fused-ring (bicyclic) bond motifs is 2. The Morgan fingerprint density at radius 1 is 0.556 bits per heavy atom. The van der Waals surface area contributed by atoms with Gasteiger partial charge in [-0.05, 0) is 89.3 Å². The first-order valence-corrected chi connectivity index (χ1v) is 36.8. The van der Waals surface area contributed by atoms with Crippen molar-refractivity contribution < 1.29 is 20.4 Å². The molecule has 0 saturated heterocycles. The van der Waals surface area contributed by atoms with Crippen molar-refractivity contribution in [3.05, 3.63) is 69.6 Å². The van der Waals surface area contributed by atoms with E-state index in [1.807, 2.05) is 8.96 Å². The van der Waals surface area contributed by atoms with Crippen LogP contribution in [0.2, 0.25) is 23.4 Å². The van der Waals surface area contributed by atoms with Gasteiger partial charge in [-0.2, -0.15) is 17.5 Å². The third-order valence-corrected chi connectivity index (χ3v) is 36.7. The largest absolute Gasteiger partial charge is 0.172 e. The summed E-state index contributed by atoms with van der Waals surface area (Å²) >= 11 is 26.7. The summed E-state index contributed by atoms with van der Waals surface area (Å²) in [6, 6.07) is 8.82. The van der Waals surface area contributed by atoms with Crippen molar-refractivity contribution in [1.82, 2.24) is 17.5 Å². The van der Waals surface area contributed by atoms with Crippen molar-refractivity contribution in [3.63, 3.8) is 0 Å². The van der Waals surface area contributed by atoms with Crippen LogP contribution in [0.4, 0.5) is 0 Å². The average Bonchev–Trinajstić information content (AvgIpc) is 4.13. The smallest absolute Gasteiger partial charge is 0.121 e. The molecule has 0 N–H and O–H groups in total. The number of aromatic nitrogens is 4. The van der Waals surface area contributed by atoms with E-state index in [1.165, 1.54) is 130 Å². The molecule has 0 radical (unpaired) electrons. The molecular formula is C48H67Br3Cl2N4PdS4Sn. The maximum absolute atomic E-state index is 6.37. The first kappa shape index (κ1) is 58.3. The van der Waals surface area contributed by atoms with Crippen molar-refractivity contribution in [2.24, 2.45) is 11.8 Å². The van der Waals surface area contributed by atoms with E-state index in [4.69, 9.17) is 23.2 Å². The minimum absolute atomic E-state index is 0. The summed E-state index contributed by atoms with van der Waals surface area (Å²) in [6.07, 6.45) is 21.8. The van der Waals surface area contributed by atoms with Crippen LogP contribution in [0.15, 0.2) is 48.4 Å². The van der Waals surface area contributed by atoms with Crippen molar-refractivity contribution in [2.75, 3.05) is 0 Å². The number of unbranched alkanes of at least 4 members (excludes halogenated alkanes) is 5. The maximum atomic E-state index is 6.37. The molecule has 4 nitrogen and oxygen atoms in total. The van der Waals surface area contributed by atoms with Gasteiger partial charge in [0.05, 0.1) is 42.4 Å². The van der Waals surface area contributed by atoms with Crippen LogP contribution in [0.5, 0.6) is 0 Å². The van der Waals surface area contributed by atoms with Crippen LogP contribution in [0, 0.1) is 11.8 Å². The molecule has 15 heteroatoms. The van der Waals surface area contributed by atoms with E-state index in [0.29, 0.717) is 10.0 Å². The molecule has 0 aliphatic rings. The Morgan fingerprint density at radius 2 is 1.00 bits per heavy atom. The normalized spacial score (nSPS) is 12.4. The van der Waals surface area contributed by atoms with Crippen LogP contribution >= 0.6 is 117 Å². The van der Waals surface area contributed by atoms with Gasteiger partial charge in [-0.1, -0.05) is 62.7 Å². The van der Waals surface area contributed by atoms with E-state index in [0.717, 1.165) is 59.3 Å². The molecule has 4 aromatic heterocycles. The van der Waals surface area contributed by atoms with E-state index in [-0.39, 0.29) is 20.4 Å². The number of thiophene rings is 2. The fraction of sp³-hybridized carbons (Fsp3) is 0.583. The number of benzene rings is 2. The molecule has 0 aliphatic heterocycles. The van der Waals surface area contributed by atoms with Crippen LogP contribution in [-0.4, -0.2) is 35.9 Å². The number of halogens is 5. The summed E-state index contributed by atoms with van der Waals surface area (Å²) in [7, 11) is 0. The Bertz CT molecular complexity index is 2190.